The van der Waals surface area contributed by atoms with Gasteiger partial charge in [0.1, 0.15) is 0 Å². The van der Waals surface area contributed by atoms with Gasteiger partial charge in [0.05, 0.1) is 5.69 Å². The lowest BCUT2D eigenvalue weighted by Crippen LogP contribution is -2.11. The van der Waals surface area contributed by atoms with Crippen molar-refractivity contribution in [3.8, 4) is 55.6 Å². The molecule has 9 rings (SSSR count). The second-order valence-corrected chi connectivity index (χ2v) is 13.4. The topological polar surface area (TPSA) is 3.24 Å². The summed E-state index contributed by atoms with van der Waals surface area (Å²) in [6.45, 7) is 0. The average molecular weight is 676 g/mol. The van der Waals surface area contributed by atoms with Gasteiger partial charge in [-0.25, -0.2) is 0 Å². The highest BCUT2D eigenvalue weighted by Gasteiger charge is 2.19. The van der Waals surface area contributed by atoms with Crippen molar-refractivity contribution >= 4 is 27.8 Å². The first-order chi connectivity index (χ1) is 26.3. The molecule has 0 saturated carbocycles. The van der Waals surface area contributed by atoms with E-state index < -0.39 is 0 Å². The van der Waals surface area contributed by atoms with E-state index in [0.29, 0.717) is 0 Å². The summed E-state index contributed by atoms with van der Waals surface area (Å²) >= 11 is 0. The van der Waals surface area contributed by atoms with Crippen LogP contribution >= 0.6 is 0 Å². The molecule has 0 heterocycles. The van der Waals surface area contributed by atoms with Gasteiger partial charge < -0.3 is 4.90 Å². The van der Waals surface area contributed by atoms with Crippen LogP contribution in [0, 0.1) is 0 Å². The number of para-hydroxylation sites is 1. The Hall–Kier alpha value is -6.96. The number of rotatable bonds is 8. The summed E-state index contributed by atoms with van der Waals surface area (Å²) in [6, 6.07) is 80.8. The summed E-state index contributed by atoms with van der Waals surface area (Å²) < 4.78 is 0. The van der Waals surface area contributed by atoms with Gasteiger partial charge in [0.25, 0.3) is 0 Å². The van der Waals surface area contributed by atoms with Gasteiger partial charge in [-0.1, -0.05) is 182 Å². The first kappa shape index (κ1) is 32.0. The molecule has 1 heteroatoms. The van der Waals surface area contributed by atoms with Gasteiger partial charge in [-0.2, -0.15) is 0 Å². The van der Waals surface area contributed by atoms with E-state index in [1.807, 2.05) is 0 Å². The van der Waals surface area contributed by atoms with Crippen molar-refractivity contribution < 1.29 is 0 Å². The van der Waals surface area contributed by atoms with Gasteiger partial charge in [-0.3, -0.25) is 0 Å². The van der Waals surface area contributed by atoms with Crippen molar-refractivity contribution in [3.05, 3.63) is 224 Å². The fourth-order valence-electron chi connectivity index (χ4n) is 7.42. The van der Waals surface area contributed by atoms with Gasteiger partial charge in [0.2, 0.25) is 0 Å². The third-order valence-corrected chi connectivity index (χ3v) is 10.1. The summed E-state index contributed by atoms with van der Waals surface area (Å²) in [6.07, 6.45) is 0. The maximum atomic E-state index is 2.40. The Kier molecular flexibility index (Phi) is 8.66. The molecule has 0 aliphatic rings. The van der Waals surface area contributed by atoms with Crippen molar-refractivity contribution in [1.29, 1.82) is 0 Å². The van der Waals surface area contributed by atoms with Gasteiger partial charge in [-0.05, 0) is 103 Å². The lowest BCUT2D eigenvalue weighted by atomic mass is 9.93. The first-order valence-corrected chi connectivity index (χ1v) is 18.2. The molecule has 0 aliphatic carbocycles. The molecule has 0 spiro atoms. The molecule has 0 aliphatic heterocycles. The van der Waals surface area contributed by atoms with Gasteiger partial charge in [0, 0.05) is 16.9 Å². The molecular formula is C52H37N. The quantitative estimate of drug-likeness (QED) is 0.155. The molecule has 250 valence electrons. The van der Waals surface area contributed by atoms with E-state index in [9.17, 15) is 0 Å². The van der Waals surface area contributed by atoms with Crippen LogP contribution in [0.5, 0.6) is 0 Å². The Labute approximate surface area is 311 Å². The highest BCUT2D eigenvalue weighted by atomic mass is 15.1. The smallest absolute Gasteiger partial charge is 0.0540 e. The second-order valence-electron chi connectivity index (χ2n) is 13.4. The zero-order valence-electron chi connectivity index (χ0n) is 29.3. The van der Waals surface area contributed by atoms with E-state index in [1.165, 1.54) is 66.4 Å². The zero-order valence-corrected chi connectivity index (χ0v) is 29.3. The Bertz CT molecular complexity index is 2660. The monoisotopic (exact) mass is 675 g/mol. The largest absolute Gasteiger partial charge is 0.310 e. The minimum atomic E-state index is 1.09. The van der Waals surface area contributed by atoms with Crippen LogP contribution in [0.3, 0.4) is 0 Å². The predicted molar refractivity (Wildman–Crippen MR) is 226 cm³/mol. The predicted octanol–water partition coefficient (Wildman–Crippen LogP) is 14.6. The lowest BCUT2D eigenvalue weighted by molar-refractivity contribution is 1.28. The molecule has 1 nitrogen and oxygen atoms in total. The molecule has 0 fully saturated rings. The third kappa shape index (κ3) is 6.53. The van der Waals surface area contributed by atoms with Crippen LogP contribution in [-0.4, -0.2) is 0 Å². The fourth-order valence-corrected chi connectivity index (χ4v) is 7.42. The minimum absolute atomic E-state index is 1.09. The van der Waals surface area contributed by atoms with Crippen molar-refractivity contribution in [2.24, 2.45) is 0 Å². The van der Waals surface area contributed by atoms with E-state index in [4.69, 9.17) is 0 Å². The van der Waals surface area contributed by atoms with Gasteiger partial charge in [-0.15, -0.1) is 0 Å². The number of fused-ring (bicyclic) bond motifs is 1. The highest BCUT2D eigenvalue weighted by Crippen LogP contribution is 2.44. The number of benzene rings is 9. The standard InChI is InChI=1S/C52H37N/c1-3-15-38(16-4-1)45-23-14-24-48(37-45)53(52-28-12-11-27-51(52)50-26-10-9-25-49(50)41-18-5-2-6-19-41)47-33-31-40(32-34-47)43-21-13-22-44(35-43)46-30-29-39-17-7-8-20-42(39)36-46/h1-37H. The second kappa shape index (κ2) is 14.3. The van der Waals surface area contributed by atoms with Gasteiger partial charge in [0.15, 0.2) is 0 Å². The molecule has 0 atom stereocenters. The number of anilines is 3. The number of hydrogen-bond acceptors (Lipinski definition) is 1. The number of hydrogen-bond donors (Lipinski definition) is 0. The molecule has 0 bridgehead atoms. The van der Waals surface area contributed by atoms with Crippen LogP contribution in [0.1, 0.15) is 0 Å². The Morgan fingerprint density at radius 3 is 1.47 bits per heavy atom. The molecule has 9 aromatic carbocycles. The first-order valence-electron chi connectivity index (χ1n) is 18.2. The molecule has 0 saturated heterocycles. The summed E-state index contributed by atoms with van der Waals surface area (Å²) in [5.74, 6) is 0. The highest BCUT2D eigenvalue weighted by molar-refractivity contribution is 5.95. The summed E-state index contributed by atoms with van der Waals surface area (Å²) in [5, 5.41) is 2.51. The van der Waals surface area contributed by atoms with Crippen LogP contribution in [0.2, 0.25) is 0 Å². The molecule has 9 aromatic rings. The van der Waals surface area contributed by atoms with Crippen LogP contribution in [0.15, 0.2) is 224 Å². The van der Waals surface area contributed by atoms with Crippen molar-refractivity contribution in [3.63, 3.8) is 0 Å². The molecule has 0 radical (unpaired) electrons. The Morgan fingerprint density at radius 2 is 0.717 bits per heavy atom. The van der Waals surface area contributed by atoms with Gasteiger partial charge >= 0.3 is 0 Å². The van der Waals surface area contributed by atoms with E-state index in [1.54, 1.807) is 0 Å². The van der Waals surface area contributed by atoms with Crippen LogP contribution in [0.4, 0.5) is 17.1 Å². The summed E-state index contributed by atoms with van der Waals surface area (Å²) in [5.41, 5.74) is 15.3. The summed E-state index contributed by atoms with van der Waals surface area (Å²) in [4.78, 5) is 2.40. The van der Waals surface area contributed by atoms with Crippen LogP contribution in [-0.2, 0) is 0 Å². The normalized spacial score (nSPS) is 11.0. The van der Waals surface area contributed by atoms with E-state index in [0.717, 1.165) is 17.1 Å². The average Bonchev–Trinajstić information content (AvgIpc) is 3.25. The third-order valence-electron chi connectivity index (χ3n) is 10.1. The molecule has 53 heavy (non-hydrogen) atoms. The van der Waals surface area contributed by atoms with E-state index >= 15 is 0 Å². The number of nitrogens with zero attached hydrogens (tertiary/aromatic N) is 1. The van der Waals surface area contributed by atoms with Crippen molar-refractivity contribution in [2.75, 3.05) is 4.90 Å². The molecule has 0 unspecified atom stereocenters. The molecule has 0 aromatic heterocycles. The zero-order chi connectivity index (χ0) is 35.4. The maximum Gasteiger partial charge on any atom is 0.0540 e. The van der Waals surface area contributed by atoms with Crippen LogP contribution in [0.25, 0.3) is 66.4 Å². The maximum absolute atomic E-state index is 2.40. The van der Waals surface area contributed by atoms with Crippen LogP contribution < -0.4 is 4.90 Å². The van der Waals surface area contributed by atoms with E-state index in [2.05, 4.69) is 229 Å². The minimum Gasteiger partial charge on any atom is -0.310 e. The molecule has 0 amide bonds. The fraction of sp³-hybridized carbons (Fsp3) is 0. The lowest BCUT2D eigenvalue weighted by Gasteiger charge is -2.29. The molecular weight excluding hydrogens is 639 g/mol. The van der Waals surface area contributed by atoms with Crippen molar-refractivity contribution in [2.45, 2.75) is 0 Å². The summed E-state index contributed by atoms with van der Waals surface area (Å²) in [7, 11) is 0. The van der Waals surface area contributed by atoms with E-state index in [-0.39, 0.29) is 0 Å². The molecule has 0 N–H and O–H groups in total. The Morgan fingerprint density at radius 1 is 0.226 bits per heavy atom. The SMILES string of the molecule is c1ccc(-c2cccc(N(c3ccc(-c4cccc(-c5ccc6ccccc6c5)c4)cc3)c3ccccc3-c3ccccc3-c3ccccc3)c2)cc1. The van der Waals surface area contributed by atoms with Crippen molar-refractivity contribution in [1.82, 2.24) is 0 Å². The Balaban J connectivity index is 1.15.